The summed E-state index contributed by atoms with van der Waals surface area (Å²) in [6, 6.07) is 15.7. The van der Waals surface area contributed by atoms with Crippen LogP contribution in [0.25, 0.3) is 0 Å². The smallest absolute Gasteiger partial charge is 0.310 e. The fourth-order valence-corrected chi connectivity index (χ4v) is 1.85. The summed E-state index contributed by atoms with van der Waals surface area (Å²) in [5.41, 5.74) is 1.74. The van der Waals surface area contributed by atoms with Crippen LogP contribution < -0.4 is 0 Å². The van der Waals surface area contributed by atoms with Crippen LogP contribution in [0, 0.1) is 0 Å². The second-order valence-corrected chi connectivity index (χ2v) is 4.38. The van der Waals surface area contributed by atoms with E-state index in [0.29, 0.717) is 16.7 Å². The third kappa shape index (κ3) is 3.92. The quantitative estimate of drug-likeness (QED) is 0.697. The molecule has 2 rings (SSSR count). The van der Waals surface area contributed by atoms with Crippen LogP contribution in [-0.2, 0) is 4.79 Å². The van der Waals surface area contributed by atoms with Crippen molar-refractivity contribution in [3.8, 4) is 0 Å². The summed E-state index contributed by atoms with van der Waals surface area (Å²) in [5.74, 6) is -1.62. The maximum atomic E-state index is 12.2. The van der Waals surface area contributed by atoms with Gasteiger partial charge < -0.3 is 5.11 Å². The number of rotatable bonds is 4. The Morgan fingerprint density at radius 1 is 0.950 bits per heavy atom. The monoisotopic (exact) mass is 294 g/mol. The van der Waals surface area contributed by atoms with Crippen LogP contribution in [0.2, 0.25) is 0 Å². The van der Waals surface area contributed by atoms with Gasteiger partial charge in [-0.1, -0.05) is 48.5 Å². The van der Waals surface area contributed by atoms with E-state index >= 15 is 0 Å². The molecule has 4 heteroatoms. The van der Waals surface area contributed by atoms with Crippen molar-refractivity contribution in [2.24, 2.45) is 0 Å². The average Bonchev–Trinajstić information content (AvgIpc) is 2.46. The van der Waals surface area contributed by atoms with Crippen molar-refractivity contribution in [1.82, 2.24) is 0 Å². The Labute approximate surface area is 147 Å². The molecule has 0 amide bonds. The van der Waals surface area contributed by atoms with Crippen LogP contribution in [0.1, 0.15) is 34.3 Å². The van der Waals surface area contributed by atoms with Gasteiger partial charge in [0.15, 0.2) is 5.78 Å². The molecule has 2 aromatic carbocycles. The van der Waals surface area contributed by atoms with Crippen molar-refractivity contribution in [2.75, 3.05) is 0 Å². The van der Waals surface area contributed by atoms with Crippen LogP contribution in [-0.4, -0.2) is 54.6 Å². The first-order valence-corrected chi connectivity index (χ1v) is 6.02. The first kappa shape index (κ1) is 16.9. The van der Waals surface area contributed by atoms with E-state index in [-0.39, 0.29) is 43.5 Å². The SMILES string of the molecule is CC(C(=O)O)c1cccc(C(=O)c2ccccc2)c1.[Ca]. The van der Waals surface area contributed by atoms with Crippen molar-refractivity contribution in [3.63, 3.8) is 0 Å². The van der Waals surface area contributed by atoms with E-state index < -0.39 is 11.9 Å². The summed E-state index contributed by atoms with van der Waals surface area (Å²) in [4.78, 5) is 23.2. The Balaban J connectivity index is 0.00000200. The summed E-state index contributed by atoms with van der Waals surface area (Å²) in [5, 5.41) is 9.00. The predicted octanol–water partition coefficient (Wildman–Crippen LogP) is 2.72. The topological polar surface area (TPSA) is 54.4 Å². The summed E-state index contributed by atoms with van der Waals surface area (Å²) >= 11 is 0. The van der Waals surface area contributed by atoms with Gasteiger partial charge in [-0.15, -0.1) is 0 Å². The zero-order valence-corrected chi connectivity index (χ0v) is 13.5. The van der Waals surface area contributed by atoms with Gasteiger partial charge >= 0.3 is 5.97 Å². The van der Waals surface area contributed by atoms with Crippen molar-refractivity contribution in [2.45, 2.75) is 12.8 Å². The van der Waals surface area contributed by atoms with E-state index in [1.165, 1.54) is 0 Å². The molecule has 20 heavy (non-hydrogen) atoms. The van der Waals surface area contributed by atoms with Gasteiger partial charge in [-0.05, 0) is 18.6 Å². The Morgan fingerprint density at radius 2 is 1.55 bits per heavy atom. The Kier molecular flexibility index (Phi) is 6.40. The van der Waals surface area contributed by atoms with Gasteiger partial charge in [0, 0.05) is 48.9 Å². The minimum Gasteiger partial charge on any atom is -0.481 e. The zero-order valence-electron chi connectivity index (χ0n) is 11.2. The number of carboxylic acid groups (broad SMARTS) is 1. The molecule has 0 aliphatic rings. The number of benzene rings is 2. The normalized spacial score (nSPS) is 11.2. The molecule has 0 aliphatic carbocycles. The average molecular weight is 294 g/mol. The van der Waals surface area contributed by atoms with Crippen LogP contribution in [0.3, 0.4) is 0 Å². The van der Waals surface area contributed by atoms with Gasteiger partial charge in [0.25, 0.3) is 0 Å². The van der Waals surface area contributed by atoms with E-state index in [4.69, 9.17) is 5.11 Å². The van der Waals surface area contributed by atoms with Crippen LogP contribution in [0.5, 0.6) is 0 Å². The van der Waals surface area contributed by atoms with Crippen molar-refractivity contribution < 1.29 is 14.7 Å². The molecular weight excluding hydrogens is 280 g/mol. The van der Waals surface area contributed by atoms with Gasteiger partial charge in [0.05, 0.1) is 5.92 Å². The van der Waals surface area contributed by atoms with Crippen molar-refractivity contribution in [3.05, 3.63) is 71.3 Å². The molecule has 1 unspecified atom stereocenters. The maximum Gasteiger partial charge on any atom is 0.310 e. The van der Waals surface area contributed by atoms with Gasteiger partial charge in [-0.2, -0.15) is 0 Å². The van der Waals surface area contributed by atoms with Gasteiger partial charge in [0.2, 0.25) is 0 Å². The molecule has 3 nitrogen and oxygen atoms in total. The second kappa shape index (κ2) is 7.58. The molecular formula is C16H14CaO3. The van der Waals surface area contributed by atoms with Crippen LogP contribution >= 0.6 is 0 Å². The molecule has 0 aliphatic heterocycles. The Bertz CT molecular complexity index is 608. The number of ketones is 1. The van der Waals surface area contributed by atoms with Gasteiger partial charge in [-0.25, -0.2) is 0 Å². The van der Waals surface area contributed by atoms with Gasteiger partial charge in [0.1, 0.15) is 0 Å². The number of aliphatic carboxylic acids is 1. The minimum atomic E-state index is -0.899. The van der Waals surface area contributed by atoms with Crippen LogP contribution in [0.15, 0.2) is 54.6 Å². The minimum absolute atomic E-state index is 0. The van der Waals surface area contributed by atoms with Crippen LogP contribution in [0.4, 0.5) is 0 Å². The van der Waals surface area contributed by atoms with E-state index in [2.05, 4.69) is 0 Å². The Morgan fingerprint density at radius 3 is 2.15 bits per heavy atom. The van der Waals surface area contributed by atoms with Crippen molar-refractivity contribution in [1.29, 1.82) is 0 Å². The molecule has 0 bridgehead atoms. The number of carbonyl (C=O) groups excluding carboxylic acids is 1. The molecule has 0 saturated carbocycles. The number of carbonyl (C=O) groups is 2. The zero-order chi connectivity index (χ0) is 13.8. The molecule has 2 aromatic rings. The van der Waals surface area contributed by atoms with E-state index in [0.717, 1.165) is 0 Å². The standard InChI is InChI=1S/C16H14O3.Ca/c1-11(16(18)19)13-8-5-9-14(10-13)15(17)12-6-3-2-4-7-12;/h2-11H,1H3,(H,18,19);. The first-order chi connectivity index (χ1) is 9.09. The van der Waals surface area contributed by atoms with E-state index in [9.17, 15) is 9.59 Å². The molecule has 0 saturated heterocycles. The fraction of sp³-hybridized carbons (Fsp3) is 0.125. The van der Waals surface area contributed by atoms with E-state index in [1.54, 1.807) is 55.5 Å². The van der Waals surface area contributed by atoms with E-state index in [1.807, 2.05) is 6.07 Å². The second-order valence-electron chi connectivity index (χ2n) is 4.38. The summed E-state index contributed by atoms with van der Waals surface area (Å²) in [7, 11) is 0. The fourth-order valence-electron chi connectivity index (χ4n) is 1.85. The molecule has 0 spiro atoms. The molecule has 1 N–H and O–H groups in total. The third-order valence-corrected chi connectivity index (χ3v) is 3.06. The summed E-state index contributed by atoms with van der Waals surface area (Å²) in [6.07, 6.45) is 0. The number of carboxylic acids is 1. The first-order valence-electron chi connectivity index (χ1n) is 6.02. The largest absolute Gasteiger partial charge is 0.481 e. The third-order valence-electron chi connectivity index (χ3n) is 3.06. The number of hydrogen-bond donors (Lipinski definition) is 1. The maximum absolute atomic E-state index is 12.2. The summed E-state index contributed by atoms with van der Waals surface area (Å²) < 4.78 is 0. The van der Waals surface area contributed by atoms with Gasteiger partial charge in [-0.3, -0.25) is 9.59 Å². The molecule has 1 atom stereocenters. The molecule has 0 heterocycles. The molecule has 0 aromatic heterocycles. The Hall–Kier alpha value is -1.16. The molecule has 2 radical (unpaired) electrons. The molecule has 98 valence electrons. The number of hydrogen-bond acceptors (Lipinski definition) is 2. The molecule has 0 fully saturated rings. The van der Waals surface area contributed by atoms with Crippen molar-refractivity contribution >= 4 is 49.5 Å². The summed E-state index contributed by atoms with van der Waals surface area (Å²) in [6.45, 7) is 1.61. The predicted molar refractivity (Wildman–Crippen MR) is 78.1 cm³/mol.